The Bertz CT molecular complexity index is 727. The van der Waals surface area contributed by atoms with E-state index in [1.54, 1.807) is 33.2 Å². The van der Waals surface area contributed by atoms with Gasteiger partial charge in [-0.3, -0.25) is 4.98 Å². The van der Waals surface area contributed by atoms with Crippen molar-refractivity contribution in [3.8, 4) is 0 Å². The molecule has 0 saturated carbocycles. The number of alkyl carbamates (subject to hydrolysis) is 1. The summed E-state index contributed by atoms with van der Waals surface area (Å²) >= 11 is 0. The van der Waals surface area contributed by atoms with Gasteiger partial charge in [0.15, 0.2) is 0 Å². The molecule has 2 rings (SSSR count). The number of aryl methyl sites for hydroxylation is 1. The van der Waals surface area contributed by atoms with E-state index >= 15 is 0 Å². The average molecular weight is 370 g/mol. The lowest BCUT2D eigenvalue weighted by molar-refractivity contribution is -0.147. The molecule has 2 aromatic rings. The van der Waals surface area contributed by atoms with Crippen LogP contribution >= 0.6 is 0 Å². The van der Waals surface area contributed by atoms with Crippen LogP contribution in [-0.4, -0.2) is 28.7 Å². The molecule has 0 aliphatic heterocycles. The van der Waals surface area contributed by atoms with E-state index in [1.165, 1.54) is 0 Å². The van der Waals surface area contributed by atoms with Gasteiger partial charge in [0.1, 0.15) is 18.2 Å². The summed E-state index contributed by atoms with van der Waals surface area (Å²) in [6.07, 6.45) is 3.75. The van der Waals surface area contributed by atoms with Crippen LogP contribution < -0.4 is 5.32 Å². The summed E-state index contributed by atoms with van der Waals surface area (Å²) in [5.74, 6) is -0.487. The molecule has 0 spiro atoms. The summed E-state index contributed by atoms with van der Waals surface area (Å²) in [4.78, 5) is 28.6. The number of hydrogen-bond donors (Lipinski definition) is 1. The third-order valence-electron chi connectivity index (χ3n) is 3.67. The zero-order chi connectivity index (χ0) is 19.7. The van der Waals surface area contributed by atoms with Crippen molar-refractivity contribution in [3.63, 3.8) is 0 Å². The molecule has 1 heterocycles. The van der Waals surface area contributed by atoms with Gasteiger partial charge in [0.25, 0.3) is 0 Å². The largest absolute Gasteiger partial charge is 0.459 e. The topological polar surface area (TPSA) is 77.5 Å². The highest BCUT2D eigenvalue weighted by molar-refractivity contribution is 5.81. The first-order chi connectivity index (χ1) is 12.8. The first-order valence-electron chi connectivity index (χ1n) is 8.92. The van der Waals surface area contributed by atoms with E-state index in [4.69, 9.17) is 9.47 Å². The van der Waals surface area contributed by atoms with Gasteiger partial charge in [0, 0.05) is 12.4 Å². The Hall–Kier alpha value is -2.89. The summed E-state index contributed by atoms with van der Waals surface area (Å²) in [6, 6.07) is 12.4. The Balaban J connectivity index is 1.98. The van der Waals surface area contributed by atoms with Crippen LogP contribution in [0.2, 0.25) is 0 Å². The second-order valence-electron chi connectivity index (χ2n) is 7.19. The van der Waals surface area contributed by atoms with Crippen molar-refractivity contribution in [2.45, 2.75) is 51.9 Å². The summed E-state index contributed by atoms with van der Waals surface area (Å²) < 4.78 is 10.7. The van der Waals surface area contributed by atoms with Gasteiger partial charge in [-0.1, -0.05) is 30.3 Å². The fourth-order valence-corrected chi connectivity index (χ4v) is 2.39. The predicted octanol–water partition coefficient (Wildman–Crippen LogP) is 3.65. The van der Waals surface area contributed by atoms with Gasteiger partial charge in [-0.25, -0.2) is 9.59 Å². The molecule has 0 radical (unpaired) electrons. The second-order valence-corrected chi connectivity index (χ2v) is 7.19. The third kappa shape index (κ3) is 7.90. The molecule has 1 aromatic carbocycles. The predicted molar refractivity (Wildman–Crippen MR) is 102 cm³/mol. The van der Waals surface area contributed by atoms with Crippen LogP contribution in [0.5, 0.6) is 0 Å². The van der Waals surface area contributed by atoms with Gasteiger partial charge < -0.3 is 14.8 Å². The number of amides is 1. The van der Waals surface area contributed by atoms with Gasteiger partial charge in [-0.05, 0) is 56.9 Å². The zero-order valence-electron chi connectivity index (χ0n) is 16.0. The first-order valence-corrected chi connectivity index (χ1v) is 8.92. The number of benzene rings is 1. The number of nitrogens with zero attached hydrogens (tertiary/aromatic N) is 1. The molecule has 0 unspecified atom stereocenters. The highest BCUT2D eigenvalue weighted by Gasteiger charge is 2.25. The van der Waals surface area contributed by atoms with E-state index in [0.717, 1.165) is 11.1 Å². The van der Waals surface area contributed by atoms with Crippen LogP contribution in [0.4, 0.5) is 4.79 Å². The van der Waals surface area contributed by atoms with E-state index in [-0.39, 0.29) is 6.61 Å². The maximum absolute atomic E-state index is 12.5. The minimum absolute atomic E-state index is 0.154. The monoisotopic (exact) mass is 370 g/mol. The highest BCUT2D eigenvalue weighted by atomic mass is 16.6. The SMILES string of the molecule is CC(C)(C)OC(=O)N[C@@H](CCc1ccncc1)C(=O)OCc1ccccc1. The Labute approximate surface area is 159 Å². The van der Waals surface area contributed by atoms with Gasteiger partial charge in [-0.15, -0.1) is 0 Å². The first kappa shape index (κ1) is 20.4. The van der Waals surface area contributed by atoms with Crippen molar-refractivity contribution in [2.24, 2.45) is 0 Å². The molecule has 6 nitrogen and oxygen atoms in total. The Morgan fingerprint density at radius 3 is 2.33 bits per heavy atom. The molecule has 6 heteroatoms. The van der Waals surface area contributed by atoms with Gasteiger partial charge >= 0.3 is 12.1 Å². The zero-order valence-corrected chi connectivity index (χ0v) is 16.0. The number of nitrogens with one attached hydrogen (secondary N) is 1. The standard InChI is InChI=1S/C21H26N2O4/c1-21(2,3)27-20(25)23-18(10-9-16-11-13-22-14-12-16)19(24)26-15-17-7-5-4-6-8-17/h4-8,11-14,18H,9-10,15H2,1-3H3,(H,23,25)/t18-/m0/s1. The second kappa shape index (κ2) is 9.71. The molecule has 144 valence electrons. The lowest BCUT2D eigenvalue weighted by atomic mass is 10.1. The fraction of sp³-hybridized carbons (Fsp3) is 0.381. The van der Waals surface area contributed by atoms with Crippen molar-refractivity contribution in [1.29, 1.82) is 0 Å². The molecule has 0 aliphatic carbocycles. The third-order valence-corrected chi connectivity index (χ3v) is 3.67. The Morgan fingerprint density at radius 1 is 1.04 bits per heavy atom. The molecule has 1 aromatic heterocycles. The van der Waals surface area contributed by atoms with Gasteiger partial charge in [0.2, 0.25) is 0 Å². The van der Waals surface area contributed by atoms with Crippen molar-refractivity contribution in [2.75, 3.05) is 0 Å². The number of pyridine rings is 1. The number of hydrogen-bond acceptors (Lipinski definition) is 5. The summed E-state index contributed by atoms with van der Waals surface area (Å²) in [6.45, 7) is 5.46. The lowest BCUT2D eigenvalue weighted by Crippen LogP contribution is -2.44. The molecule has 0 bridgehead atoms. The number of esters is 1. The number of ether oxygens (including phenoxy) is 2. The maximum atomic E-state index is 12.5. The van der Waals surface area contributed by atoms with E-state index in [0.29, 0.717) is 12.8 Å². The molecule has 0 fully saturated rings. The van der Waals surface area contributed by atoms with E-state index < -0.39 is 23.7 Å². The Kier molecular flexibility index (Phi) is 7.34. The molecule has 0 saturated heterocycles. The highest BCUT2D eigenvalue weighted by Crippen LogP contribution is 2.10. The van der Waals surface area contributed by atoms with Crippen molar-refractivity contribution in [3.05, 3.63) is 66.0 Å². The van der Waals surface area contributed by atoms with Crippen molar-refractivity contribution in [1.82, 2.24) is 10.3 Å². The normalized spacial score (nSPS) is 12.1. The minimum Gasteiger partial charge on any atom is -0.459 e. The minimum atomic E-state index is -0.795. The van der Waals surface area contributed by atoms with Gasteiger partial charge in [0.05, 0.1) is 0 Å². The molecular formula is C21H26N2O4. The number of carbonyl (C=O) groups excluding carboxylic acids is 2. The fourth-order valence-electron chi connectivity index (χ4n) is 2.39. The van der Waals surface area contributed by atoms with Crippen molar-refractivity contribution < 1.29 is 19.1 Å². The summed E-state index contributed by atoms with van der Waals surface area (Å²) in [7, 11) is 0. The van der Waals surface area contributed by atoms with E-state index in [9.17, 15) is 9.59 Å². The molecule has 1 N–H and O–H groups in total. The van der Waals surface area contributed by atoms with Crippen LogP contribution in [0.3, 0.4) is 0 Å². The number of aromatic nitrogens is 1. The van der Waals surface area contributed by atoms with Crippen molar-refractivity contribution >= 4 is 12.1 Å². The summed E-state index contributed by atoms with van der Waals surface area (Å²) in [5, 5.41) is 2.63. The van der Waals surface area contributed by atoms with Crippen LogP contribution in [-0.2, 0) is 27.3 Å². The van der Waals surface area contributed by atoms with Crippen LogP contribution in [0, 0.1) is 0 Å². The van der Waals surface area contributed by atoms with Crippen LogP contribution in [0.1, 0.15) is 38.3 Å². The molecule has 1 amide bonds. The van der Waals surface area contributed by atoms with Crippen LogP contribution in [0.25, 0.3) is 0 Å². The van der Waals surface area contributed by atoms with Gasteiger partial charge in [-0.2, -0.15) is 0 Å². The lowest BCUT2D eigenvalue weighted by Gasteiger charge is -2.23. The molecule has 0 aliphatic rings. The van der Waals surface area contributed by atoms with E-state index in [2.05, 4.69) is 10.3 Å². The quantitative estimate of drug-likeness (QED) is 0.753. The number of carbonyl (C=O) groups is 2. The maximum Gasteiger partial charge on any atom is 0.408 e. The molecular weight excluding hydrogens is 344 g/mol. The summed E-state index contributed by atoms with van der Waals surface area (Å²) in [5.41, 5.74) is 1.26. The van der Waals surface area contributed by atoms with Crippen LogP contribution in [0.15, 0.2) is 54.9 Å². The number of rotatable bonds is 7. The molecule has 27 heavy (non-hydrogen) atoms. The van der Waals surface area contributed by atoms with E-state index in [1.807, 2.05) is 42.5 Å². The molecule has 1 atom stereocenters. The smallest absolute Gasteiger partial charge is 0.408 e. The Morgan fingerprint density at radius 2 is 1.70 bits per heavy atom. The average Bonchev–Trinajstić information content (AvgIpc) is 2.63.